The normalized spacial score (nSPS) is 25.8. The van der Waals surface area contributed by atoms with Crippen molar-refractivity contribution in [1.29, 1.82) is 0 Å². The number of hydrogen-bond donors (Lipinski definition) is 1. The van der Waals surface area contributed by atoms with Crippen LogP contribution in [0.15, 0.2) is 0 Å². The Morgan fingerprint density at radius 2 is 2.14 bits per heavy atom. The Hall–Kier alpha value is -0.570. The largest absolute Gasteiger partial charge is 0.481 e. The second-order valence-electron chi connectivity index (χ2n) is 4.88. The average Bonchev–Trinajstić information content (AvgIpc) is 2.84. The standard InChI is InChI=1S/C11H19NO2/c1-8(11(13)14)10-6-12(7-10)5-4-9-2-3-9/h8-10H,2-7H2,1H3,(H,13,14). The smallest absolute Gasteiger partial charge is 0.306 e. The van der Waals surface area contributed by atoms with Gasteiger partial charge in [-0.15, -0.1) is 0 Å². The van der Waals surface area contributed by atoms with Crippen LogP contribution in [0.25, 0.3) is 0 Å². The van der Waals surface area contributed by atoms with E-state index in [1.54, 1.807) is 0 Å². The van der Waals surface area contributed by atoms with E-state index < -0.39 is 5.97 Å². The molecule has 1 heterocycles. The van der Waals surface area contributed by atoms with Crippen LogP contribution in [-0.4, -0.2) is 35.6 Å². The molecule has 1 aliphatic heterocycles. The fourth-order valence-electron chi connectivity index (χ4n) is 2.08. The number of likely N-dealkylation sites (tertiary alicyclic amines) is 1. The molecule has 14 heavy (non-hydrogen) atoms. The molecular formula is C11H19NO2. The Balaban J connectivity index is 1.60. The maximum Gasteiger partial charge on any atom is 0.306 e. The Morgan fingerprint density at radius 1 is 1.50 bits per heavy atom. The van der Waals surface area contributed by atoms with Gasteiger partial charge in [-0.1, -0.05) is 19.8 Å². The molecule has 3 nitrogen and oxygen atoms in total. The van der Waals surface area contributed by atoms with Crippen molar-refractivity contribution in [2.45, 2.75) is 26.2 Å². The van der Waals surface area contributed by atoms with Crippen molar-refractivity contribution in [3.05, 3.63) is 0 Å². The van der Waals surface area contributed by atoms with Gasteiger partial charge >= 0.3 is 5.97 Å². The van der Waals surface area contributed by atoms with Crippen molar-refractivity contribution in [3.8, 4) is 0 Å². The summed E-state index contributed by atoms with van der Waals surface area (Å²) < 4.78 is 0. The van der Waals surface area contributed by atoms with Crippen LogP contribution in [0.5, 0.6) is 0 Å². The van der Waals surface area contributed by atoms with E-state index in [2.05, 4.69) is 4.90 Å². The summed E-state index contributed by atoms with van der Waals surface area (Å²) in [6.07, 6.45) is 4.17. The zero-order chi connectivity index (χ0) is 10.1. The van der Waals surface area contributed by atoms with E-state index in [1.165, 1.54) is 25.8 Å². The fraction of sp³-hybridized carbons (Fsp3) is 0.909. The lowest BCUT2D eigenvalue weighted by Crippen LogP contribution is -2.51. The molecule has 0 aromatic heterocycles. The van der Waals surface area contributed by atoms with Gasteiger partial charge in [-0.05, 0) is 24.8 Å². The minimum Gasteiger partial charge on any atom is -0.481 e. The minimum absolute atomic E-state index is 0.160. The summed E-state index contributed by atoms with van der Waals surface area (Å²) in [5, 5.41) is 8.81. The van der Waals surface area contributed by atoms with Crippen molar-refractivity contribution in [2.75, 3.05) is 19.6 Å². The summed E-state index contributed by atoms with van der Waals surface area (Å²) in [5.74, 6) is 0.585. The van der Waals surface area contributed by atoms with Crippen LogP contribution >= 0.6 is 0 Å². The van der Waals surface area contributed by atoms with E-state index >= 15 is 0 Å². The molecule has 80 valence electrons. The Bertz CT molecular complexity index is 219. The molecule has 2 aliphatic rings. The third kappa shape index (κ3) is 2.27. The van der Waals surface area contributed by atoms with Crippen molar-refractivity contribution in [1.82, 2.24) is 4.90 Å². The fourth-order valence-corrected chi connectivity index (χ4v) is 2.08. The van der Waals surface area contributed by atoms with Gasteiger partial charge in [0.05, 0.1) is 5.92 Å². The van der Waals surface area contributed by atoms with Crippen molar-refractivity contribution in [2.24, 2.45) is 17.8 Å². The van der Waals surface area contributed by atoms with Gasteiger partial charge in [0, 0.05) is 13.1 Å². The van der Waals surface area contributed by atoms with Gasteiger partial charge in [0.15, 0.2) is 0 Å². The molecule has 1 atom stereocenters. The lowest BCUT2D eigenvalue weighted by molar-refractivity contribution is -0.145. The highest BCUT2D eigenvalue weighted by atomic mass is 16.4. The van der Waals surface area contributed by atoms with Crippen LogP contribution in [0.1, 0.15) is 26.2 Å². The summed E-state index contributed by atoms with van der Waals surface area (Å²) in [6, 6.07) is 0. The number of aliphatic carboxylic acids is 1. The molecule has 0 aromatic carbocycles. The molecule has 1 aliphatic carbocycles. The Kier molecular flexibility index (Phi) is 2.77. The highest BCUT2D eigenvalue weighted by Gasteiger charge is 2.35. The average molecular weight is 197 g/mol. The molecule has 0 radical (unpaired) electrons. The Morgan fingerprint density at radius 3 is 2.64 bits per heavy atom. The summed E-state index contributed by atoms with van der Waals surface area (Å²) in [6.45, 7) is 5.01. The second-order valence-corrected chi connectivity index (χ2v) is 4.88. The number of rotatable bonds is 5. The maximum absolute atomic E-state index is 10.7. The first-order chi connectivity index (χ1) is 6.66. The summed E-state index contributed by atoms with van der Waals surface area (Å²) in [7, 11) is 0. The molecular weight excluding hydrogens is 178 g/mol. The van der Waals surface area contributed by atoms with Gasteiger partial charge in [-0.3, -0.25) is 4.79 Å². The molecule has 0 spiro atoms. The highest BCUT2D eigenvalue weighted by molar-refractivity contribution is 5.70. The molecule has 2 fully saturated rings. The van der Waals surface area contributed by atoms with Gasteiger partial charge in [0.25, 0.3) is 0 Å². The van der Waals surface area contributed by atoms with Crippen molar-refractivity contribution in [3.63, 3.8) is 0 Å². The lowest BCUT2D eigenvalue weighted by atomic mass is 9.87. The maximum atomic E-state index is 10.7. The molecule has 0 aromatic rings. The number of nitrogens with zero attached hydrogens (tertiary/aromatic N) is 1. The predicted molar refractivity (Wildman–Crippen MR) is 54.1 cm³/mol. The van der Waals surface area contributed by atoms with Crippen LogP contribution < -0.4 is 0 Å². The lowest BCUT2D eigenvalue weighted by Gasteiger charge is -2.41. The number of carbonyl (C=O) groups is 1. The van der Waals surface area contributed by atoms with Crippen molar-refractivity contribution < 1.29 is 9.90 Å². The first kappa shape index (κ1) is 9.97. The third-order valence-corrected chi connectivity index (χ3v) is 3.63. The number of carboxylic acids is 1. The van der Waals surface area contributed by atoms with Gasteiger partial charge in [0.1, 0.15) is 0 Å². The quantitative estimate of drug-likeness (QED) is 0.725. The summed E-state index contributed by atoms with van der Waals surface area (Å²) in [5.41, 5.74) is 0. The zero-order valence-electron chi connectivity index (χ0n) is 8.78. The van der Waals surface area contributed by atoms with E-state index in [0.29, 0.717) is 5.92 Å². The Labute approximate surface area is 85.1 Å². The highest BCUT2D eigenvalue weighted by Crippen LogP contribution is 2.33. The van der Waals surface area contributed by atoms with Crippen LogP contribution in [0, 0.1) is 17.8 Å². The van der Waals surface area contributed by atoms with E-state index in [9.17, 15) is 4.79 Å². The van der Waals surface area contributed by atoms with Crippen molar-refractivity contribution >= 4 is 5.97 Å². The molecule has 1 saturated heterocycles. The SMILES string of the molecule is CC(C(=O)O)C1CN(CCC2CC2)C1. The first-order valence-corrected chi connectivity index (χ1v) is 5.62. The van der Waals surface area contributed by atoms with Gasteiger partial charge in [0.2, 0.25) is 0 Å². The topological polar surface area (TPSA) is 40.5 Å². The van der Waals surface area contributed by atoms with E-state index in [-0.39, 0.29) is 5.92 Å². The summed E-state index contributed by atoms with van der Waals surface area (Å²) in [4.78, 5) is 13.1. The first-order valence-electron chi connectivity index (χ1n) is 5.62. The molecule has 0 amide bonds. The van der Waals surface area contributed by atoms with Crippen LogP contribution in [0.2, 0.25) is 0 Å². The molecule has 1 saturated carbocycles. The minimum atomic E-state index is -0.642. The molecule has 1 unspecified atom stereocenters. The molecule has 2 rings (SSSR count). The number of hydrogen-bond acceptors (Lipinski definition) is 2. The predicted octanol–water partition coefficient (Wildman–Crippen LogP) is 1.44. The third-order valence-electron chi connectivity index (χ3n) is 3.63. The van der Waals surface area contributed by atoms with Gasteiger partial charge in [-0.2, -0.15) is 0 Å². The van der Waals surface area contributed by atoms with Gasteiger partial charge in [-0.25, -0.2) is 0 Å². The van der Waals surface area contributed by atoms with Crippen LogP contribution in [-0.2, 0) is 4.79 Å². The molecule has 0 bridgehead atoms. The van der Waals surface area contributed by atoms with Crippen LogP contribution in [0.3, 0.4) is 0 Å². The zero-order valence-corrected chi connectivity index (χ0v) is 8.78. The monoisotopic (exact) mass is 197 g/mol. The van der Waals surface area contributed by atoms with Crippen LogP contribution in [0.4, 0.5) is 0 Å². The second kappa shape index (κ2) is 3.89. The van der Waals surface area contributed by atoms with E-state index in [1.807, 2.05) is 6.92 Å². The van der Waals surface area contributed by atoms with Gasteiger partial charge < -0.3 is 10.0 Å². The molecule has 3 heteroatoms. The molecule has 1 N–H and O–H groups in total. The number of carboxylic acid groups (broad SMARTS) is 1. The summed E-state index contributed by atoms with van der Waals surface area (Å²) >= 11 is 0. The van der Waals surface area contributed by atoms with E-state index in [4.69, 9.17) is 5.11 Å². The van der Waals surface area contributed by atoms with E-state index in [0.717, 1.165) is 19.0 Å².